The van der Waals surface area contributed by atoms with Gasteiger partial charge in [-0.15, -0.1) is 0 Å². The Hall–Kier alpha value is -1.77. The number of nitriles is 1. The van der Waals surface area contributed by atoms with Crippen molar-refractivity contribution in [2.45, 2.75) is 25.5 Å². The normalized spacial score (nSPS) is 25.0. The zero-order chi connectivity index (χ0) is 14.4. The second-order valence-corrected chi connectivity index (χ2v) is 5.57. The van der Waals surface area contributed by atoms with Crippen LogP contribution in [0.2, 0.25) is 5.02 Å². The summed E-state index contributed by atoms with van der Waals surface area (Å²) < 4.78 is 0. The van der Waals surface area contributed by atoms with E-state index in [1.54, 1.807) is 28.9 Å². The Balaban J connectivity index is 1.98. The topological polar surface area (TPSA) is 67.6 Å². The van der Waals surface area contributed by atoms with Gasteiger partial charge in [0.05, 0.1) is 29.3 Å². The predicted octanol–water partition coefficient (Wildman–Crippen LogP) is 1.90. The molecule has 5 nitrogen and oxygen atoms in total. The highest BCUT2D eigenvalue weighted by atomic mass is 35.5. The minimum absolute atomic E-state index is 0.101. The zero-order valence-corrected chi connectivity index (χ0v) is 11.8. The molecule has 2 heterocycles. The van der Waals surface area contributed by atoms with Crippen LogP contribution in [0.1, 0.15) is 17.5 Å². The molecule has 0 saturated carbocycles. The number of aliphatic hydroxyl groups excluding tert-OH is 1. The Morgan fingerprint density at radius 3 is 2.90 bits per heavy atom. The fourth-order valence-corrected chi connectivity index (χ4v) is 3.17. The van der Waals surface area contributed by atoms with Gasteiger partial charge in [0, 0.05) is 12.2 Å². The summed E-state index contributed by atoms with van der Waals surface area (Å²) in [7, 11) is 0. The van der Waals surface area contributed by atoms with E-state index in [0.717, 1.165) is 5.56 Å². The summed E-state index contributed by atoms with van der Waals surface area (Å²) in [6, 6.07) is 5.15. The largest absolute Gasteiger partial charge is 0.391 e. The third-order valence-electron chi connectivity index (χ3n) is 4.13. The third-order valence-corrected chi connectivity index (χ3v) is 4.61. The Bertz CT molecular complexity index is 626. The lowest BCUT2D eigenvalue weighted by Gasteiger charge is -2.20. The van der Waals surface area contributed by atoms with Crippen LogP contribution < -0.4 is 4.90 Å². The highest BCUT2D eigenvalue weighted by molar-refractivity contribution is 6.33. The third kappa shape index (κ3) is 1.76. The number of halogens is 1. The fraction of sp³-hybridized carbons (Fsp3) is 0.429. The van der Waals surface area contributed by atoms with Crippen molar-refractivity contribution in [3.05, 3.63) is 28.3 Å². The first-order valence-electron chi connectivity index (χ1n) is 6.50. The van der Waals surface area contributed by atoms with Crippen LogP contribution in [0, 0.1) is 18.3 Å². The number of anilines is 1. The average molecular weight is 292 g/mol. The SMILES string of the molecule is Cc1c(N2C[C@@H]3[C@H](O)CCN3C2=O)ccc(C#N)c1Cl. The molecule has 0 bridgehead atoms. The minimum atomic E-state index is -0.460. The smallest absolute Gasteiger partial charge is 0.324 e. The number of fused-ring (bicyclic) bond motifs is 1. The molecule has 2 aliphatic rings. The molecule has 2 amide bonds. The second-order valence-electron chi connectivity index (χ2n) is 5.19. The van der Waals surface area contributed by atoms with Gasteiger partial charge in [-0.2, -0.15) is 5.26 Å². The van der Waals surface area contributed by atoms with Crippen molar-refractivity contribution < 1.29 is 9.90 Å². The number of aliphatic hydroxyl groups is 1. The summed E-state index contributed by atoms with van der Waals surface area (Å²) in [4.78, 5) is 15.7. The molecule has 104 valence electrons. The molecule has 1 aromatic rings. The molecule has 0 unspecified atom stereocenters. The van der Waals surface area contributed by atoms with Crippen molar-refractivity contribution >= 4 is 23.3 Å². The number of urea groups is 1. The number of carbonyl (C=O) groups excluding carboxylic acids is 1. The number of carbonyl (C=O) groups is 1. The second kappa shape index (κ2) is 4.65. The van der Waals surface area contributed by atoms with E-state index in [9.17, 15) is 9.90 Å². The van der Waals surface area contributed by atoms with Crippen molar-refractivity contribution in [2.75, 3.05) is 18.0 Å². The van der Waals surface area contributed by atoms with Crippen molar-refractivity contribution in [3.8, 4) is 6.07 Å². The lowest BCUT2D eigenvalue weighted by molar-refractivity contribution is 0.144. The van der Waals surface area contributed by atoms with E-state index in [1.807, 2.05) is 6.07 Å². The molecule has 6 heteroatoms. The maximum Gasteiger partial charge on any atom is 0.324 e. The molecule has 0 spiro atoms. The summed E-state index contributed by atoms with van der Waals surface area (Å²) in [6.45, 7) is 2.85. The van der Waals surface area contributed by atoms with Gasteiger partial charge in [0.2, 0.25) is 0 Å². The number of benzene rings is 1. The molecule has 0 radical (unpaired) electrons. The number of hydrogen-bond donors (Lipinski definition) is 1. The molecule has 2 atom stereocenters. The maximum absolute atomic E-state index is 12.4. The molecule has 2 aliphatic heterocycles. The Morgan fingerprint density at radius 1 is 1.50 bits per heavy atom. The van der Waals surface area contributed by atoms with E-state index in [2.05, 4.69) is 0 Å². The van der Waals surface area contributed by atoms with Crippen molar-refractivity contribution in [1.82, 2.24) is 4.90 Å². The molecule has 3 rings (SSSR count). The van der Waals surface area contributed by atoms with E-state index in [-0.39, 0.29) is 12.1 Å². The highest BCUT2D eigenvalue weighted by Crippen LogP contribution is 2.35. The fourth-order valence-electron chi connectivity index (χ4n) is 2.97. The molecular weight excluding hydrogens is 278 g/mol. The summed E-state index contributed by atoms with van der Waals surface area (Å²) in [5.74, 6) is 0. The van der Waals surface area contributed by atoms with Crippen LogP contribution in [-0.2, 0) is 0 Å². The summed E-state index contributed by atoms with van der Waals surface area (Å²) >= 11 is 6.15. The standard InChI is InChI=1S/C14H14ClN3O2/c1-8-10(3-2-9(6-16)13(8)15)18-7-11-12(19)4-5-17(11)14(18)20/h2-3,11-12,19H,4-5,7H2,1H3/t11-,12-/m1/s1. The molecule has 1 aromatic carbocycles. The van der Waals surface area contributed by atoms with Gasteiger partial charge in [0.25, 0.3) is 0 Å². The maximum atomic E-state index is 12.4. The molecule has 0 aliphatic carbocycles. The van der Waals surface area contributed by atoms with Crippen LogP contribution >= 0.6 is 11.6 Å². The highest BCUT2D eigenvalue weighted by Gasteiger charge is 2.45. The monoisotopic (exact) mass is 291 g/mol. The molecular formula is C14H14ClN3O2. The number of rotatable bonds is 1. The molecule has 1 N–H and O–H groups in total. The Kier molecular flexibility index (Phi) is 3.08. The van der Waals surface area contributed by atoms with Gasteiger partial charge in [-0.3, -0.25) is 4.90 Å². The zero-order valence-electron chi connectivity index (χ0n) is 11.0. The van der Waals surface area contributed by atoms with Gasteiger partial charge in [0.1, 0.15) is 6.07 Å². The van der Waals surface area contributed by atoms with E-state index < -0.39 is 6.10 Å². The first kappa shape index (κ1) is 13.2. The first-order chi connectivity index (χ1) is 9.54. The van der Waals surface area contributed by atoms with Gasteiger partial charge in [-0.05, 0) is 31.0 Å². The van der Waals surface area contributed by atoms with E-state index in [4.69, 9.17) is 16.9 Å². The number of hydrogen-bond acceptors (Lipinski definition) is 3. The van der Waals surface area contributed by atoms with Crippen LogP contribution in [0.15, 0.2) is 12.1 Å². The quantitative estimate of drug-likeness (QED) is 0.859. The summed E-state index contributed by atoms with van der Waals surface area (Å²) in [6.07, 6.45) is 0.176. The number of nitrogens with zero attached hydrogens (tertiary/aromatic N) is 3. The lowest BCUT2D eigenvalue weighted by Crippen LogP contribution is -2.33. The predicted molar refractivity (Wildman–Crippen MR) is 74.8 cm³/mol. The van der Waals surface area contributed by atoms with Gasteiger partial charge >= 0.3 is 6.03 Å². The molecule has 20 heavy (non-hydrogen) atoms. The van der Waals surface area contributed by atoms with Crippen molar-refractivity contribution in [1.29, 1.82) is 5.26 Å². The van der Waals surface area contributed by atoms with Crippen LogP contribution in [-0.4, -0.2) is 41.3 Å². The van der Waals surface area contributed by atoms with E-state index >= 15 is 0 Å². The summed E-state index contributed by atoms with van der Waals surface area (Å²) in [5, 5.41) is 19.2. The van der Waals surface area contributed by atoms with Crippen LogP contribution in [0.5, 0.6) is 0 Å². The van der Waals surface area contributed by atoms with E-state index in [1.165, 1.54) is 0 Å². The first-order valence-corrected chi connectivity index (χ1v) is 6.87. The lowest BCUT2D eigenvalue weighted by atomic mass is 10.1. The van der Waals surface area contributed by atoms with Crippen LogP contribution in [0.25, 0.3) is 0 Å². The minimum Gasteiger partial charge on any atom is -0.391 e. The Labute approximate surface area is 122 Å². The van der Waals surface area contributed by atoms with Gasteiger partial charge in [-0.25, -0.2) is 4.79 Å². The Morgan fingerprint density at radius 2 is 2.25 bits per heavy atom. The van der Waals surface area contributed by atoms with E-state index in [0.29, 0.717) is 35.8 Å². The van der Waals surface area contributed by atoms with Gasteiger partial charge < -0.3 is 10.0 Å². The van der Waals surface area contributed by atoms with Crippen molar-refractivity contribution in [2.24, 2.45) is 0 Å². The van der Waals surface area contributed by atoms with Crippen LogP contribution in [0.3, 0.4) is 0 Å². The van der Waals surface area contributed by atoms with Crippen molar-refractivity contribution in [3.63, 3.8) is 0 Å². The van der Waals surface area contributed by atoms with Gasteiger partial charge in [0.15, 0.2) is 0 Å². The average Bonchev–Trinajstić information content (AvgIpc) is 2.95. The summed E-state index contributed by atoms with van der Waals surface area (Å²) in [5.41, 5.74) is 1.83. The molecule has 2 saturated heterocycles. The molecule has 2 fully saturated rings. The molecule has 0 aromatic heterocycles. The van der Waals surface area contributed by atoms with Crippen LogP contribution in [0.4, 0.5) is 10.5 Å². The number of amides is 2. The van der Waals surface area contributed by atoms with Gasteiger partial charge in [-0.1, -0.05) is 11.6 Å².